The van der Waals surface area contributed by atoms with Gasteiger partial charge in [0.2, 0.25) is 0 Å². The number of carbonyl (C=O) groups excluding carboxylic acids is 2. The third kappa shape index (κ3) is 4.28. The highest BCUT2D eigenvalue weighted by atomic mass is 16.6. The first-order chi connectivity index (χ1) is 12.3. The molecule has 10 heteroatoms. The van der Waals surface area contributed by atoms with E-state index in [1.807, 2.05) is 6.92 Å². The number of hydrogen-bond acceptors (Lipinski definition) is 7. The maximum absolute atomic E-state index is 12.4. The molecule has 0 aliphatic carbocycles. The fourth-order valence-electron chi connectivity index (χ4n) is 2.50. The van der Waals surface area contributed by atoms with Gasteiger partial charge in [0, 0.05) is 18.4 Å². The Bertz CT molecular complexity index is 760. The van der Waals surface area contributed by atoms with E-state index in [1.165, 1.54) is 13.0 Å². The van der Waals surface area contributed by atoms with Crippen molar-refractivity contribution in [2.24, 2.45) is 0 Å². The fraction of sp³-hybridized carbons (Fsp3) is 0.375. The minimum atomic E-state index is -0.956. The summed E-state index contributed by atoms with van der Waals surface area (Å²) in [4.78, 5) is 34.5. The first-order valence-corrected chi connectivity index (χ1v) is 7.85. The van der Waals surface area contributed by atoms with Gasteiger partial charge in [-0.2, -0.15) is 0 Å². The van der Waals surface area contributed by atoms with Gasteiger partial charge in [-0.15, -0.1) is 0 Å². The highest BCUT2D eigenvalue weighted by Gasteiger charge is 2.33. The number of hydrogen-bond donors (Lipinski definition) is 3. The molecule has 0 bridgehead atoms. The molecule has 0 unspecified atom stereocenters. The molecule has 1 aromatic rings. The Hall–Kier alpha value is -3.14. The van der Waals surface area contributed by atoms with Gasteiger partial charge in [-0.1, -0.05) is 6.07 Å². The Morgan fingerprint density at radius 3 is 2.77 bits per heavy atom. The van der Waals surface area contributed by atoms with Crippen LogP contribution in [0.1, 0.15) is 25.5 Å². The van der Waals surface area contributed by atoms with Crippen LogP contribution in [0.4, 0.5) is 10.5 Å². The second-order valence-electron chi connectivity index (χ2n) is 5.41. The molecule has 0 radical (unpaired) electrons. The number of amides is 2. The van der Waals surface area contributed by atoms with Gasteiger partial charge in [0.05, 0.1) is 23.1 Å². The summed E-state index contributed by atoms with van der Waals surface area (Å²) in [6.07, 6.45) is 0. The molecule has 0 saturated carbocycles. The van der Waals surface area contributed by atoms with Crippen LogP contribution in [0, 0.1) is 10.1 Å². The number of nitrogens with zero attached hydrogens (tertiary/aromatic N) is 1. The van der Waals surface area contributed by atoms with Crippen molar-refractivity contribution in [1.29, 1.82) is 0 Å². The lowest BCUT2D eigenvalue weighted by Gasteiger charge is -2.28. The van der Waals surface area contributed by atoms with Gasteiger partial charge in [0.15, 0.2) is 5.75 Å². The predicted octanol–water partition coefficient (Wildman–Crippen LogP) is 1.51. The predicted molar refractivity (Wildman–Crippen MR) is 89.3 cm³/mol. The van der Waals surface area contributed by atoms with Gasteiger partial charge in [-0.25, -0.2) is 9.59 Å². The standard InChI is InChI=1S/C16H19N3O7/c1-3-25-6-7-26-15(21)13-9(2)17-16(22)18-14(13)10-4-5-12(20)11(8-10)19(23)24/h4-5,8,14,20H,3,6-7H2,1-2H3,(H2,17,18,22)/t14-/m0/s1. The van der Waals surface area contributed by atoms with Gasteiger partial charge < -0.3 is 25.2 Å². The summed E-state index contributed by atoms with van der Waals surface area (Å²) in [5.41, 5.74) is 0.120. The Labute approximate surface area is 148 Å². The molecular formula is C16H19N3O7. The molecule has 10 nitrogen and oxygen atoms in total. The molecule has 0 saturated heterocycles. The summed E-state index contributed by atoms with van der Waals surface area (Å²) in [7, 11) is 0. The topological polar surface area (TPSA) is 140 Å². The van der Waals surface area contributed by atoms with Gasteiger partial charge >= 0.3 is 17.7 Å². The second-order valence-corrected chi connectivity index (χ2v) is 5.41. The minimum absolute atomic E-state index is 0.0276. The summed E-state index contributed by atoms with van der Waals surface area (Å²) in [6, 6.07) is 2.11. The quantitative estimate of drug-likeness (QED) is 0.288. The van der Waals surface area contributed by atoms with E-state index in [2.05, 4.69) is 10.6 Å². The lowest BCUT2D eigenvalue weighted by molar-refractivity contribution is -0.385. The summed E-state index contributed by atoms with van der Waals surface area (Å²) in [6.45, 7) is 4.07. The number of allylic oxidation sites excluding steroid dienone is 1. The van der Waals surface area contributed by atoms with Crippen LogP contribution in [0.3, 0.4) is 0 Å². The fourth-order valence-corrected chi connectivity index (χ4v) is 2.50. The lowest BCUT2D eigenvalue weighted by Crippen LogP contribution is -2.45. The Balaban J connectivity index is 2.33. The van der Waals surface area contributed by atoms with E-state index in [0.29, 0.717) is 6.61 Å². The molecular weight excluding hydrogens is 346 g/mol. The van der Waals surface area contributed by atoms with Crippen molar-refractivity contribution in [3.63, 3.8) is 0 Å². The first kappa shape index (κ1) is 19.2. The minimum Gasteiger partial charge on any atom is -0.502 e. The second kappa shape index (κ2) is 8.30. The average molecular weight is 365 g/mol. The number of carbonyl (C=O) groups is 2. The number of benzene rings is 1. The number of nitrogens with one attached hydrogen (secondary N) is 2. The van der Waals surface area contributed by atoms with Crippen LogP contribution in [-0.2, 0) is 14.3 Å². The number of nitro groups is 1. The molecule has 1 aliphatic rings. The highest BCUT2D eigenvalue weighted by Crippen LogP contribution is 2.33. The van der Waals surface area contributed by atoms with Crippen molar-refractivity contribution >= 4 is 17.7 Å². The first-order valence-electron chi connectivity index (χ1n) is 7.85. The molecule has 3 N–H and O–H groups in total. The van der Waals surface area contributed by atoms with Crippen LogP contribution >= 0.6 is 0 Å². The number of phenols is 1. The summed E-state index contributed by atoms with van der Waals surface area (Å²) in [5.74, 6) is -1.20. The van der Waals surface area contributed by atoms with Crippen LogP contribution in [0.25, 0.3) is 0 Å². The van der Waals surface area contributed by atoms with Crippen molar-refractivity contribution in [1.82, 2.24) is 10.6 Å². The molecule has 0 fully saturated rings. The van der Waals surface area contributed by atoms with E-state index in [1.54, 1.807) is 0 Å². The third-order valence-electron chi connectivity index (χ3n) is 3.68. The molecule has 1 aliphatic heterocycles. The maximum atomic E-state index is 12.4. The monoisotopic (exact) mass is 365 g/mol. The van der Waals surface area contributed by atoms with Gasteiger partial charge in [-0.05, 0) is 25.5 Å². The van der Waals surface area contributed by atoms with Crippen molar-refractivity contribution < 1.29 is 29.1 Å². The van der Waals surface area contributed by atoms with Crippen LogP contribution in [0.5, 0.6) is 5.75 Å². The van der Waals surface area contributed by atoms with E-state index < -0.39 is 34.4 Å². The van der Waals surface area contributed by atoms with E-state index in [0.717, 1.165) is 12.1 Å². The molecule has 1 heterocycles. The number of ether oxygens (including phenoxy) is 2. The molecule has 2 rings (SSSR count). The van der Waals surface area contributed by atoms with E-state index in [9.17, 15) is 24.8 Å². The Kier molecular flexibility index (Phi) is 6.12. The normalized spacial score (nSPS) is 16.7. The number of esters is 1. The number of urea groups is 1. The Morgan fingerprint density at radius 1 is 1.38 bits per heavy atom. The number of rotatable bonds is 7. The molecule has 26 heavy (non-hydrogen) atoms. The highest BCUT2D eigenvalue weighted by molar-refractivity contribution is 5.95. The molecule has 140 valence electrons. The van der Waals surface area contributed by atoms with Crippen LogP contribution in [-0.4, -0.2) is 41.9 Å². The smallest absolute Gasteiger partial charge is 0.338 e. The number of nitro benzene ring substituents is 1. The van der Waals surface area contributed by atoms with Gasteiger partial charge in [-0.3, -0.25) is 10.1 Å². The summed E-state index contributed by atoms with van der Waals surface area (Å²) in [5, 5.41) is 25.6. The van der Waals surface area contributed by atoms with Crippen molar-refractivity contribution in [2.45, 2.75) is 19.9 Å². The van der Waals surface area contributed by atoms with E-state index in [-0.39, 0.29) is 30.0 Å². The van der Waals surface area contributed by atoms with Crippen LogP contribution < -0.4 is 10.6 Å². The zero-order valence-corrected chi connectivity index (χ0v) is 14.3. The van der Waals surface area contributed by atoms with Gasteiger partial charge in [0.1, 0.15) is 6.61 Å². The number of phenolic OH excluding ortho intramolecular Hbond substituents is 1. The lowest BCUT2D eigenvalue weighted by atomic mass is 9.95. The molecule has 1 atom stereocenters. The van der Waals surface area contributed by atoms with Crippen molar-refractivity contribution in [2.75, 3.05) is 19.8 Å². The van der Waals surface area contributed by atoms with Crippen LogP contribution in [0.15, 0.2) is 29.5 Å². The third-order valence-corrected chi connectivity index (χ3v) is 3.68. The number of aromatic hydroxyl groups is 1. The molecule has 1 aromatic carbocycles. The largest absolute Gasteiger partial charge is 0.502 e. The van der Waals surface area contributed by atoms with Crippen molar-refractivity contribution in [3.05, 3.63) is 45.1 Å². The average Bonchev–Trinajstić information content (AvgIpc) is 2.58. The molecule has 0 spiro atoms. The van der Waals surface area contributed by atoms with Crippen molar-refractivity contribution in [3.8, 4) is 5.75 Å². The zero-order chi connectivity index (χ0) is 19.3. The maximum Gasteiger partial charge on any atom is 0.338 e. The van der Waals surface area contributed by atoms with Crippen LogP contribution in [0.2, 0.25) is 0 Å². The van der Waals surface area contributed by atoms with Gasteiger partial charge in [0.25, 0.3) is 0 Å². The van der Waals surface area contributed by atoms with E-state index >= 15 is 0 Å². The molecule has 0 aromatic heterocycles. The zero-order valence-electron chi connectivity index (χ0n) is 14.3. The Morgan fingerprint density at radius 2 is 2.12 bits per heavy atom. The molecule has 2 amide bonds. The SMILES string of the molecule is CCOCCOC(=O)C1=C(C)NC(=O)N[C@H]1c1ccc(O)c([N+](=O)[O-])c1. The summed E-state index contributed by atoms with van der Waals surface area (Å²) < 4.78 is 10.2. The van der Waals surface area contributed by atoms with E-state index in [4.69, 9.17) is 9.47 Å². The summed E-state index contributed by atoms with van der Waals surface area (Å²) >= 11 is 0.